The maximum absolute atomic E-state index is 4.43. The van der Waals surface area contributed by atoms with Gasteiger partial charge in [-0.15, -0.1) is 0 Å². The minimum Gasteiger partial charge on any atom is -0.299 e. The number of likely N-dealkylation sites (tertiary alicyclic amines) is 1. The van der Waals surface area contributed by atoms with Crippen molar-refractivity contribution in [3.05, 3.63) is 53.9 Å². The summed E-state index contributed by atoms with van der Waals surface area (Å²) in [6.45, 7) is 5.63. The lowest BCUT2D eigenvalue weighted by Gasteiger charge is -2.26. The number of hydrogen-bond donors (Lipinski definition) is 0. The lowest BCUT2D eigenvalue weighted by atomic mass is 10.0. The van der Waals surface area contributed by atoms with Crippen molar-refractivity contribution in [1.82, 2.24) is 9.88 Å². The van der Waals surface area contributed by atoms with Crippen molar-refractivity contribution in [3.8, 4) is 11.1 Å². The lowest BCUT2D eigenvalue weighted by molar-refractivity contribution is 0.220. The van der Waals surface area contributed by atoms with Gasteiger partial charge in [0.05, 0.1) is 0 Å². The van der Waals surface area contributed by atoms with Crippen LogP contribution in [0.25, 0.3) is 11.1 Å². The van der Waals surface area contributed by atoms with Crippen LogP contribution in [0.4, 0.5) is 0 Å². The summed E-state index contributed by atoms with van der Waals surface area (Å²) in [4.78, 5) is 6.97. The van der Waals surface area contributed by atoms with E-state index < -0.39 is 0 Å². The van der Waals surface area contributed by atoms with Gasteiger partial charge in [-0.1, -0.05) is 36.2 Å². The number of piperidine rings is 1. The molecule has 1 aromatic carbocycles. The Kier molecular flexibility index (Phi) is 4.12. The maximum Gasteiger partial charge on any atom is 0.0346 e. The van der Waals surface area contributed by atoms with Gasteiger partial charge in [-0.25, -0.2) is 0 Å². The molecule has 2 heterocycles. The number of hydrogen-bond acceptors (Lipinski definition) is 2. The van der Waals surface area contributed by atoms with Crippen molar-refractivity contribution in [3.63, 3.8) is 0 Å². The SMILES string of the molecule is Cc1cccc(-c2cncc(CN3CCCCC3)c2)c1. The van der Waals surface area contributed by atoms with Gasteiger partial charge in [0.1, 0.15) is 0 Å². The first-order chi connectivity index (χ1) is 9.81. The van der Waals surface area contributed by atoms with Gasteiger partial charge in [-0.05, 0) is 50.0 Å². The molecule has 0 amide bonds. The van der Waals surface area contributed by atoms with Gasteiger partial charge in [0, 0.05) is 24.5 Å². The summed E-state index contributed by atoms with van der Waals surface area (Å²) in [5.74, 6) is 0. The second-order valence-electron chi connectivity index (χ2n) is 5.79. The third-order valence-corrected chi connectivity index (χ3v) is 4.00. The van der Waals surface area contributed by atoms with Gasteiger partial charge in [0.25, 0.3) is 0 Å². The molecule has 0 unspecified atom stereocenters. The molecule has 20 heavy (non-hydrogen) atoms. The lowest BCUT2D eigenvalue weighted by Crippen LogP contribution is -2.29. The molecular weight excluding hydrogens is 244 g/mol. The Hall–Kier alpha value is -1.67. The predicted octanol–water partition coefficient (Wildman–Crippen LogP) is 4.04. The fourth-order valence-corrected chi connectivity index (χ4v) is 2.93. The standard InChI is InChI=1S/C18H22N2/c1-15-6-5-7-17(10-15)18-11-16(12-19-13-18)14-20-8-3-2-4-9-20/h5-7,10-13H,2-4,8-9,14H2,1H3. The van der Waals surface area contributed by atoms with E-state index in [-0.39, 0.29) is 0 Å². The highest BCUT2D eigenvalue weighted by Gasteiger charge is 2.11. The highest BCUT2D eigenvalue weighted by Crippen LogP contribution is 2.21. The molecule has 2 heteroatoms. The van der Waals surface area contributed by atoms with Crippen LogP contribution in [-0.4, -0.2) is 23.0 Å². The summed E-state index contributed by atoms with van der Waals surface area (Å²) in [5.41, 5.74) is 5.11. The number of rotatable bonds is 3. The first-order valence-corrected chi connectivity index (χ1v) is 7.54. The number of aryl methyl sites for hydroxylation is 1. The van der Waals surface area contributed by atoms with Gasteiger partial charge in [0.15, 0.2) is 0 Å². The van der Waals surface area contributed by atoms with Crippen LogP contribution in [0.2, 0.25) is 0 Å². The predicted molar refractivity (Wildman–Crippen MR) is 83.5 cm³/mol. The van der Waals surface area contributed by atoms with Crippen LogP contribution in [0.1, 0.15) is 30.4 Å². The minimum absolute atomic E-state index is 1.03. The molecule has 1 aliphatic rings. The van der Waals surface area contributed by atoms with Crippen LogP contribution in [0, 0.1) is 6.92 Å². The summed E-state index contributed by atoms with van der Waals surface area (Å²) < 4.78 is 0. The molecule has 2 aromatic rings. The van der Waals surface area contributed by atoms with E-state index in [4.69, 9.17) is 0 Å². The summed E-state index contributed by atoms with van der Waals surface area (Å²) in [6.07, 6.45) is 8.04. The van der Waals surface area contributed by atoms with E-state index in [0.717, 1.165) is 6.54 Å². The highest BCUT2D eigenvalue weighted by atomic mass is 15.1. The first-order valence-electron chi connectivity index (χ1n) is 7.54. The monoisotopic (exact) mass is 266 g/mol. The average molecular weight is 266 g/mol. The first kappa shape index (κ1) is 13.3. The van der Waals surface area contributed by atoms with Crippen molar-refractivity contribution in [2.45, 2.75) is 32.7 Å². The average Bonchev–Trinajstić information content (AvgIpc) is 2.49. The molecule has 1 aromatic heterocycles. The second-order valence-corrected chi connectivity index (χ2v) is 5.79. The van der Waals surface area contributed by atoms with Crippen molar-refractivity contribution < 1.29 is 0 Å². The molecule has 0 radical (unpaired) electrons. The number of nitrogens with zero attached hydrogens (tertiary/aromatic N) is 2. The van der Waals surface area contributed by atoms with Crippen LogP contribution in [0.15, 0.2) is 42.7 Å². The van der Waals surface area contributed by atoms with E-state index in [0.29, 0.717) is 0 Å². The number of benzene rings is 1. The molecule has 1 aliphatic heterocycles. The molecular formula is C18H22N2. The van der Waals surface area contributed by atoms with Gasteiger partial charge < -0.3 is 0 Å². The van der Waals surface area contributed by atoms with Crippen molar-refractivity contribution >= 4 is 0 Å². The molecule has 104 valence electrons. The molecule has 1 fully saturated rings. The van der Waals surface area contributed by atoms with Crippen LogP contribution in [0.3, 0.4) is 0 Å². The molecule has 1 saturated heterocycles. The molecule has 0 atom stereocenters. The van der Waals surface area contributed by atoms with Gasteiger partial charge >= 0.3 is 0 Å². The largest absolute Gasteiger partial charge is 0.299 e. The van der Waals surface area contributed by atoms with Crippen LogP contribution in [0.5, 0.6) is 0 Å². The highest BCUT2D eigenvalue weighted by molar-refractivity contribution is 5.63. The maximum atomic E-state index is 4.43. The molecule has 0 N–H and O–H groups in total. The Balaban J connectivity index is 1.78. The summed E-state index contributed by atoms with van der Waals surface area (Å²) >= 11 is 0. The number of pyridine rings is 1. The fourth-order valence-electron chi connectivity index (χ4n) is 2.93. The molecule has 0 spiro atoms. The topological polar surface area (TPSA) is 16.1 Å². The fraction of sp³-hybridized carbons (Fsp3) is 0.389. The second kappa shape index (κ2) is 6.19. The van der Waals surface area contributed by atoms with Crippen molar-refractivity contribution in [2.75, 3.05) is 13.1 Å². The van der Waals surface area contributed by atoms with E-state index in [1.54, 1.807) is 0 Å². The molecule has 0 bridgehead atoms. The Morgan fingerprint density at radius 2 is 1.85 bits per heavy atom. The zero-order valence-corrected chi connectivity index (χ0v) is 12.2. The smallest absolute Gasteiger partial charge is 0.0346 e. The van der Waals surface area contributed by atoms with Crippen LogP contribution < -0.4 is 0 Å². The van der Waals surface area contributed by atoms with E-state index in [9.17, 15) is 0 Å². The minimum atomic E-state index is 1.03. The van der Waals surface area contributed by atoms with E-state index in [1.165, 1.54) is 54.6 Å². The van der Waals surface area contributed by atoms with Crippen LogP contribution >= 0.6 is 0 Å². The van der Waals surface area contributed by atoms with Gasteiger partial charge in [-0.2, -0.15) is 0 Å². The van der Waals surface area contributed by atoms with Gasteiger partial charge in [0.2, 0.25) is 0 Å². The van der Waals surface area contributed by atoms with E-state index in [2.05, 4.69) is 47.1 Å². The molecule has 0 aliphatic carbocycles. The number of aromatic nitrogens is 1. The van der Waals surface area contributed by atoms with Crippen LogP contribution in [-0.2, 0) is 6.54 Å². The Bertz CT molecular complexity index is 571. The zero-order valence-electron chi connectivity index (χ0n) is 12.2. The summed E-state index contributed by atoms with van der Waals surface area (Å²) in [7, 11) is 0. The molecule has 3 rings (SSSR count). The van der Waals surface area contributed by atoms with Crippen molar-refractivity contribution in [1.29, 1.82) is 0 Å². The van der Waals surface area contributed by atoms with E-state index in [1.807, 2.05) is 12.4 Å². The Labute approximate surface area is 121 Å². The Morgan fingerprint density at radius 3 is 2.65 bits per heavy atom. The molecule has 0 saturated carbocycles. The summed E-state index contributed by atoms with van der Waals surface area (Å²) in [6, 6.07) is 10.9. The normalized spacial score (nSPS) is 16.2. The Morgan fingerprint density at radius 1 is 1.00 bits per heavy atom. The third kappa shape index (κ3) is 3.26. The molecule has 2 nitrogen and oxygen atoms in total. The summed E-state index contributed by atoms with van der Waals surface area (Å²) in [5, 5.41) is 0. The van der Waals surface area contributed by atoms with E-state index >= 15 is 0 Å². The van der Waals surface area contributed by atoms with Gasteiger partial charge in [-0.3, -0.25) is 9.88 Å². The van der Waals surface area contributed by atoms with Crippen molar-refractivity contribution in [2.24, 2.45) is 0 Å². The third-order valence-electron chi connectivity index (χ3n) is 4.00. The zero-order chi connectivity index (χ0) is 13.8. The quantitative estimate of drug-likeness (QED) is 0.833.